The molecular formula is C18H19F2N3O3S2. The highest BCUT2D eigenvalue weighted by molar-refractivity contribution is 8.01. The fourth-order valence-corrected chi connectivity index (χ4v) is 4.70. The van der Waals surface area contributed by atoms with Crippen molar-refractivity contribution in [2.75, 3.05) is 22.5 Å². The first-order chi connectivity index (χ1) is 13.4. The highest BCUT2D eigenvalue weighted by Gasteiger charge is 2.26. The number of carboxylic acids is 1. The van der Waals surface area contributed by atoms with Crippen LogP contribution in [0.4, 0.5) is 24.4 Å². The number of nitrogens with zero attached hydrogens (tertiary/aromatic N) is 2. The number of carboxylic acid groups (broad SMARTS) is 1. The van der Waals surface area contributed by atoms with Crippen molar-refractivity contribution in [3.63, 3.8) is 0 Å². The Balaban J connectivity index is 1.76. The summed E-state index contributed by atoms with van der Waals surface area (Å²) < 4.78 is 28.7. The molecule has 2 amide bonds. The number of anilines is 2. The fraction of sp³-hybridized carbons (Fsp3) is 0.389. The maximum Gasteiger partial charge on any atom is 0.328 e. The minimum absolute atomic E-state index is 0.110. The van der Waals surface area contributed by atoms with Gasteiger partial charge in [0, 0.05) is 6.54 Å². The Morgan fingerprint density at radius 2 is 2.07 bits per heavy atom. The van der Waals surface area contributed by atoms with Gasteiger partial charge in [-0.15, -0.1) is 11.8 Å². The van der Waals surface area contributed by atoms with Crippen LogP contribution in [0.5, 0.6) is 0 Å². The molecule has 0 atom stereocenters. The molecule has 1 aliphatic rings. The second-order valence-corrected chi connectivity index (χ2v) is 8.74. The van der Waals surface area contributed by atoms with Gasteiger partial charge in [-0.05, 0) is 30.9 Å². The van der Waals surface area contributed by atoms with Crippen LogP contribution in [0.3, 0.4) is 0 Å². The second-order valence-electron chi connectivity index (χ2n) is 6.43. The molecule has 0 radical (unpaired) electrons. The van der Waals surface area contributed by atoms with Crippen LogP contribution in [-0.4, -0.2) is 34.4 Å². The zero-order valence-electron chi connectivity index (χ0n) is 14.9. The third-order valence-corrected chi connectivity index (χ3v) is 6.51. The van der Waals surface area contributed by atoms with Crippen LogP contribution < -0.4 is 10.2 Å². The minimum Gasteiger partial charge on any atom is -0.481 e. The van der Waals surface area contributed by atoms with Gasteiger partial charge in [0.1, 0.15) is 0 Å². The van der Waals surface area contributed by atoms with Crippen LogP contribution in [0.2, 0.25) is 0 Å². The summed E-state index contributed by atoms with van der Waals surface area (Å²) in [7, 11) is 0. The Kier molecular flexibility index (Phi) is 6.84. The number of aromatic nitrogens is 1. The van der Waals surface area contributed by atoms with Crippen molar-refractivity contribution in [3.05, 3.63) is 36.0 Å². The van der Waals surface area contributed by atoms with Crippen molar-refractivity contribution in [2.24, 2.45) is 5.92 Å². The summed E-state index contributed by atoms with van der Waals surface area (Å²) in [5.74, 6) is -2.91. The highest BCUT2D eigenvalue weighted by Crippen LogP contribution is 2.31. The molecule has 2 N–H and O–H groups in total. The number of aliphatic carboxylic acids is 1. The average molecular weight is 427 g/mol. The number of halogens is 2. The standard InChI is InChI=1S/C18H19F2N3O3S2/c19-12-6-3-7-13(16(12)20)23(9-11-4-1-2-5-11)18(26)22-17-21-8-15(28-17)27-10-14(24)25/h3,6-8,11H,1-2,4-5,9-10H2,(H,24,25)(H,21,22,26). The van der Waals surface area contributed by atoms with Crippen molar-refractivity contribution < 1.29 is 23.5 Å². The number of nitrogens with one attached hydrogen (secondary N) is 1. The number of urea groups is 1. The number of hydrogen-bond acceptors (Lipinski definition) is 5. The summed E-state index contributed by atoms with van der Waals surface area (Å²) in [5, 5.41) is 11.6. The molecule has 1 aromatic heterocycles. The van der Waals surface area contributed by atoms with E-state index in [2.05, 4.69) is 10.3 Å². The van der Waals surface area contributed by atoms with E-state index in [1.807, 2.05) is 0 Å². The number of benzene rings is 1. The number of rotatable bonds is 7. The Hall–Kier alpha value is -2.20. The van der Waals surface area contributed by atoms with Gasteiger partial charge in [-0.1, -0.05) is 30.2 Å². The summed E-state index contributed by atoms with van der Waals surface area (Å²) in [6, 6.07) is 3.16. The Morgan fingerprint density at radius 3 is 2.79 bits per heavy atom. The molecule has 10 heteroatoms. The molecular weight excluding hydrogens is 408 g/mol. The number of amides is 2. The molecule has 1 heterocycles. The molecule has 1 saturated carbocycles. The first-order valence-electron chi connectivity index (χ1n) is 8.77. The first kappa shape index (κ1) is 20.5. The summed E-state index contributed by atoms with van der Waals surface area (Å²) in [6.45, 7) is 0.290. The van der Waals surface area contributed by atoms with Crippen LogP contribution in [-0.2, 0) is 4.79 Å². The van der Waals surface area contributed by atoms with Crippen LogP contribution >= 0.6 is 23.1 Å². The molecule has 150 valence electrons. The van der Waals surface area contributed by atoms with Gasteiger partial charge in [-0.25, -0.2) is 18.6 Å². The number of hydrogen-bond donors (Lipinski definition) is 2. The van der Waals surface area contributed by atoms with Crippen molar-refractivity contribution in [1.82, 2.24) is 4.98 Å². The molecule has 1 fully saturated rings. The van der Waals surface area contributed by atoms with Gasteiger partial charge in [-0.3, -0.25) is 15.0 Å². The van der Waals surface area contributed by atoms with E-state index in [-0.39, 0.29) is 29.0 Å². The molecule has 0 saturated heterocycles. The average Bonchev–Trinajstić information content (AvgIpc) is 3.32. The lowest BCUT2D eigenvalue weighted by Gasteiger charge is -2.26. The highest BCUT2D eigenvalue weighted by atomic mass is 32.2. The Bertz CT molecular complexity index is 856. The Labute approximate surface area is 169 Å². The zero-order chi connectivity index (χ0) is 20.1. The van der Waals surface area contributed by atoms with Crippen LogP contribution in [0.15, 0.2) is 28.6 Å². The summed E-state index contributed by atoms with van der Waals surface area (Å²) in [6.07, 6.45) is 5.46. The molecule has 1 aliphatic carbocycles. The number of carbonyl (C=O) groups is 2. The Morgan fingerprint density at radius 1 is 1.32 bits per heavy atom. The molecule has 2 aromatic rings. The summed E-state index contributed by atoms with van der Waals surface area (Å²) in [4.78, 5) is 28.8. The predicted molar refractivity (Wildman–Crippen MR) is 105 cm³/mol. The van der Waals surface area contributed by atoms with Crippen molar-refractivity contribution >= 4 is 45.9 Å². The predicted octanol–water partition coefficient (Wildman–Crippen LogP) is 4.83. The second kappa shape index (κ2) is 9.33. The van der Waals surface area contributed by atoms with E-state index in [1.165, 1.54) is 23.2 Å². The maximum absolute atomic E-state index is 14.3. The molecule has 0 spiro atoms. The van der Waals surface area contributed by atoms with Gasteiger partial charge in [0.05, 0.1) is 21.8 Å². The molecule has 6 nitrogen and oxygen atoms in total. The zero-order valence-corrected chi connectivity index (χ0v) is 16.5. The molecule has 0 bridgehead atoms. The van der Waals surface area contributed by atoms with Gasteiger partial charge in [0.15, 0.2) is 16.8 Å². The van der Waals surface area contributed by atoms with Crippen LogP contribution in [0.25, 0.3) is 0 Å². The van der Waals surface area contributed by atoms with E-state index in [9.17, 15) is 18.4 Å². The molecule has 1 aromatic carbocycles. The normalized spacial score (nSPS) is 14.2. The van der Waals surface area contributed by atoms with Crippen LogP contribution in [0, 0.1) is 17.6 Å². The van der Waals surface area contributed by atoms with Gasteiger partial charge >= 0.3 is 12.0 Å². The van der Waals surface area contributed by atoms with E-state index in [4.69, 9.17) is 5.11 Å². The van der Waals surface area contributed by atoms with Crippen molar-refractivity contribution in [1.29, 1.82) is 0 Å². The lowest BCUT2D eigenvalue weighted by atomic mass is 10.1. The molecule has 3 rings (SSSR count). The van der Waals surface area contributed by atoms with E-state index in [0.29, 0.717) is 4.21 Å². The van der Waals surface area contributed by atoms with E-state index in [1.54, 1.807) is 0 Å². The molecule has 28 heavy (non-hydrogen) atoms. The maximum atomic E-state index is 14.3. The summed E-state index contributed by atoms with van der Waals surface area (Å²) in [5.41, 5.74) is -0.110. The van der Waals surface area contributed by atoms with Crippen molar-refractivity contribution in [2.45, 2.75) is 29.9 Å². The fourth-order valence-electron chi connectivity index (χ4n) is 3.12. The number of carbonyl (C=O) groups excluding carboxylic acids is 1. The first-order valence-corrected chi connectivity index (χ1v) is 10.6. The summed E-state index contributed by atoms with van der Waals surface area (Å²) >= 11 is 2.22. The lowest BCUT2D eigenvalue weighted by Crippen LogP contribution is -2.39. The largest absolute Gasteiger partial charge is 0.481 e. The minimum atomic E-state index is -1.06. The van der Waals surface area contributed by atoms with E-state index >= 15 is 0 Å². The number of thioether (sulfide) groups is 1. The quantitative estimate of drug-likeness (QED) is 0.619. The molecule has 0 aliphatic heterocycles. The lowest BCUT2D eigenvalue weighted by molar-refractivity contribution is -0.133. The monoisotopic (exact) mass is 427 g/mol. The van der Waals surface area contributed by atoms with Gasteiger partial charge in [-0.2, -0.15) is 0 Å². The number of thiazole rings is 1. The van der Waals surface area contributed by atoms with Gasteiger partial charge in [0.2, 0.25) is 0 Å². The molecule has 0 unspecified atom stereocenters. The van der Waals surface area contributed by atoms with Gasteiger partial charge in [0.25, 0.3) is 0 Å². The SMILES string of the molecule is O=C(O)CSc1cnc(NC(=O)N(CC2CCCC2)c2cccc(F)c2F)s1. The van der Waals surface area contributed by atoms with E-state index < -0.39 is 23.6 Å². The third-order valence-electron chi connectivity index (χ3n) is 4.42. The van der Waals surface area contributed by atoms with E-state index in [0.717, 1.165) is 54.8 Å². The van der Waals surface area contributed by atoms with Gasteiger partial charge < -0.3 is 5.11 Å². The van der Waals surface area contributed by atoms with Crippen molar-refractivity contribution in [3.8, 4) is 0 Å². The van der Waals surface area contributed by atoms with Crippen LogP contribution in [0.1, 0.15) is 25.7 Å². The topological polar surface area (TPSA) is 82.5 Å². The smallest absolute Gasteiger partial charge is 0.328 e. The third kappa shape index (κ3) is 5.20.